The van der Waals surface area contributed by atoms with Crippen LogP contribution in [0.5, 0.6) is 0 Å². The van der Waals surface area contributed by atoms with Crippen molar-refractivity contribution >= 4 is 0 Å². The van der Waals surface area contributed by atoms with Gasteiger partial charge in [-0.15, -0.1) is 0 Å². The van der Waals surface area contributed by atoms with Crippen molar-refractivity contribution in [1.29, 1.82) is 0 Å². The fraction of sp³-hybridized carbons (Fsp3) is 0.786. The van der Waals surface area contributed by atoms with Crippen molar-refractivity contribution in [3.8, 4) is 0 Å². The molecule has 0 bridgehead atoms. The van der Waals surface area contributed by atoms with E-state index < -0.39 is 0 Å². The highest BCUT2D eigenvalue weighted by molar-refractivity contribution is 4.97. The van der Waals surface area contributed by atoms with Crippen molar-refractivity contribution < 1.29 is 0 Å². The zero-order valence-corrected chi connectivity index (χ0v) is 11.3. The molecule has 1 heterocycles. The molecule has 1 aliphatic carbocycles. The van der Waals surface area contributed by atoms with Gasteiger partial charge in [-0.05, 0) is 37.5 Å². The van der Waals surface area contributed by atoms with Crippen LogP contribution in [-0.2, 0) is 13.6 Å². The maximum absolute atomic E-state index is 4.14. The molecule has 3 heteroatoms. The summed E-state index contributed by atoms with van der Waals surface area (Å²) in [4.78, 5) is 4.14. The Morgan fingerprint density at radius 3 is 2.59 bits per heavy atom. The molecule has 0 aromatic carbocycles. The van der Waals surface area contributed by atoms with Gasteiger partial charge in [0.2, 0.25) is 0 Å². The minimum atomic E-state index is 0.708. The molecule has 0 unspecified atom stereocenters. The smallest absolute Gasteiger partial charge is 0.0945 e. The van der Waals surface area contributed by atoms with E-state index in [4.69, 9.17) is 0 Å². The average Bonchev–Trinajstić information content (AvgIpc) is 2.73. The van der Waals surface area contributed by atoms with Crippen LogP contribution in [0.25, 0.3) is 0 Å². The highest BCUT2D eigenvalue weighted by Crippen LogP contribution is 2.29. The third-order valence-corrected chi connectivity index (χ3v) is 4.20. The van der Waals surface area contributed by atoms with Gasteiger partial charge in [-0.25, -0.2) is 4.98 Å². The molecule has 17 heavy (non-hydrogen) atoms. The van der Waals surface area contributed by atoms with E-state index >= 15 is 0 Å². The lowest BCUT2D eigenvalue weighted by molar-refractivity contribution is 0.237. The first-order chi connectivity index (χ1) is 8.16. The summed E-state index contributed by atoms with van der Waals surface area (Å²) in [5, 5.41) is 3.66. The number of nitrogens with zero attached hydrogens (tertiary/aromatic N) is 2. The monoisotopic (exact) mass is 235 g/mol. The van der Waals surface area contributed by atoms with Crippen LogP contribution in [0.2, 0.25) is 0 Å². The lowest BCUT2D eigenvalue weighted by Crippen LogP contribution is -2.34. The van der Waals surface area contributed by atoms with E-state index in [-0.39, 0.29) is 0 Å². The van der Waals surface area contributed by atoms with Crippen molar-refractivity contribution in [2.24, 2.45) is 18.9 Å². The minimum absolute atomic E-state index is 0.708. The van der Waals surface area contributed by atoms with Crippen molar-refractivity contribution in [1.82, 2.24) is 14.9 Å². The fourth-order valence-corrected chi connectivity index (χ4v) is 2.79. The normalized spacial score (nSPS) is 25.4. The van der Waals surface area contributed by atoms with Crippen molar-refractivity contribution in [2.45, 2.75) is 52.1 Å². The van der Waals surface area contributed by atoms with E-state index in [9.17, 15) is 0 Å². The van der Waals surface area contributed by atoms with Crippen LogP contribution in [0.4, 0.5) is 0 Å². The second-order valence-electron chi connectivity index (χ2n) is 5.73. The summed E-state index contributed by atoms with van der Waals surface area (Å²) in [6.45, 7) is 5.66. The summed E-state index contributed by atoms with van der Waals surface area (Å²) >= 11 is 0. The molecule has 1 aromatic heterocycles. The third kappa shape index (κ3) is 3.32. The summed E-state index contributed by atoms with van der Waals surface area (Å²) < 4.78 is 2.09. The minimum Gasteiger partial charge on any atom is -0.337 e. The Morgan fingerprint density at radius 1 is 1.35 bits per heavy atom. The zero-order valence-electron chi connectivity index (χ0n) is 11.3. The molecule has 1 saturated carbocycles. The van der Waals surface area contributed by atoms with Gasteiger partial charge in [-0.2, -0.15) is 0 Å². The predicted molar refractivity (Wildman–Crippen MR) is 70.6 cm³/mol. The fourth-order valence-electron chi connectivity index (χ4n) is 2.79. The molecule has 0 aliphatic heterocycles. The molecule has 0 radical (unpaired) electrons. The predicted octanol–water partition coefficient (Wildman–Crippen LogP) is 2.72. The second kappa shape index (κ2) is 5.67. The first-order valence-corrected chi connectivity index (χ1v) is 6.85. The number of imidazole rings is 1. The summed E-state index contributed by atoms with van der Waals surface area (Å²) in [6, 6.07) is 0.708. The van der Waals surface area contributed by atoms with Gasteiger partial charge < -0.3 is 9.88 Å². The van der Waals surface area contributed by atoms with Crippen molar-refractivity contribution in [3.05, 3.63) is 18.2 Å². The maximum Gasteiger partial charge on any atom is 0.0945 e. The number of rotatable bonds is 4. The number of aryl methyl sites for hydroxylation is 1. The van der Waals surface area contributed by atoms with Crippen LogP contribution in [0.15, 0.2) is 12.5 Å². The van der Waals surface area contributed by atoms with Gasteiger partial charge in [0.25, 0.3) is 0 Å². The number of nitrogens with one attached hydrogen (secondary N) is 1. The van der Waals surface area contributed by atoms with Gasteiger partial charge in [0.1, 0.15) is 0 Å². The first-order valence-electron chi connectivity index (χ1n) is 6.85. The molecule has 1 fully saturated rings. The van der Waals surface area contributed by atoms with Crippen LogP contribution in [-0.4, -0.2) is 15.6 Å². The maximum atomic E-state index is 4.14. The summed E-state index contributed by atoms with van der Waals surface area (Å²) in [5.41, 5.74) is 1.27. The lowest BCUT2D eigenvalue weighted by atomic mass is 9.80. The van der Waals surface area contributed by atoms with Crippen LogP contribution in [0.3, 0.4) is 0 Å². The molecule has 96 valence electrons. The lowest BCUT2D eigenvalue weighted by Gasteiger charge is -2.31. The number of aromatic nitrogens is 2. The van der Waals surface area contributed by atoms with Crippen molar-refractivity contribution in [3.63, 3.8) is 0 Å². The molecule has 3 nitrogen and oxygen atoms in total. The molecule has 1 N–H and O–H groups in total. The Morgan fingerprint density at radius 2 is 2.06 bits per heavy atom. The topological polar surface area (TPSA) is 29.9 Å². The van der Waals surface area contributed by atoms with Crippen molar-refractivity contribution in [2.75, 3.05) is 0 Å². The van der Waals surface area contributed by atoms with Gasteiger partial charge in [-0.1, -0.05) is 13.8 Å². The Balaban J connectivity index is 1.74. The molecular weight excluding hydrogens is 210 g/mol. The van der Waals surface area contributed by atoms with Gasteiger partial charge in [0.15, 0.2) is 0 Å². The Hall–Kier alpha value is -0.830. The van der Waals surface area contributed by atoms with Crippen LogP contribution < -0.4 is 5.32 Å². The molecule has 0 saturated heterocycles. The second-order valence-corrected chi connectivity index (χ2v) is 5.73. The average molecular weight is 235 g/mol. The van der Waals surface area contributed by atoms with E-state index in [0.29, 0.717) is 6.04 Å². The highest BCUT2D eigenvalue weighted by atomic mass is 15.0. The third-order valence-electron chi connectivity index (χ3n) is 4.20. The SMILES string of the molecule is CC(C)[C@H]1CC[C@H](NCc2cncn2C)CC1. The summed E-state index contributed by atoms with van der Waals surface area (Å²) in [6.07, 6.45) is 9.27. The van der Waals surface area contributed by atoms with Gasteiger partial charge in [0.05, 0.1) is 12.0 Å². The standard InChI is InChI=1S/C14H25N3/c1-11(2)12-4-6-13(7-5-12)16-9-14-8-15-10-17(14)3/h8,10-13,16H,4-7,9H2,1-3H3/t12-,13-. The van der Waals surface area contributed by atoms with Crippen LogP contribution in [0.1, 0.15) is 45.2 Å². The zero-order chi connectivity index (χ0) is 12.3. The quantitative estimate of drug-likeness (QED) is 0.869. The Kier molecular flexibility index (Phi) is 4.21. The van der Waals surface area contributed by atoms with E-state index in [1.54, 1.807) is 0 Å². The van der Waals surface area contributed by atoms with Gasteiger partial charge in [-0.3, -0.25) is 0 Å². The van der Waals surface area contributed by atoms with Gasteiger partial charge in [0, 0.05) is 25.8 Å². The molecule has 2 rings (SSSR count). The van der Waals surface area contributed by atoms with E-state index in [0.717, 1.165) is 18.4 Å². The first kappa shape index (κ1) is 12.6. The molecule has 1 aliphatic rings. The van der Waals surface area contributed by atoms with Gasteiger partial charge >= 0.3 is 0 Å². The molecule has 0 amide bonds. The van der Waals surface area contributed by atoms with E-state index in [1.807, 2.05) is 12.5 Å². The van der Waals surface area contributed by atoms with E-state index in [2.05, 4.69) is 35.8 Å². The summed E-state index contributed by atoms with van der Waals surface area (Å²) in [5.74, 6) is 1.80. The number of hydrogen-bond donors (Lipinski definition) is 1. The van der Waals surface area contributed by atoms with Crippen LogP contribution >= 0.6 is 0 Å². The molecule has 0 atom stereocenters. The molecular formula is C14H25N3. The molecule has 0 spiro atoms. The van der Waals surface area contributed by atoms with E-state index in [1.165, 1.54) is 31.4 Å². The van der Waals surface area contributed by atoms with Crippen LogP contribution in [0, 0.1) is 11.8 Å². The Bertz CT molecular complexity index is 335. The summed E-state index contributed by atoms with van der Waals surface area (Å²) in [7, 11) is 2.06. The highest BCUT2D eigenvalue weighted by Gasteiger charge is 2.22. The Labute approximate surface area is 105 Å². The largest absolute Gasteiger partial charge is 0.337 e. The molecule has 1 aromatic rings. The number of hydrogen-bond acceptors (Lipinski definition) is 2.